The van der Waals surface area contributed by atoms with Crippen LogP contribution < -0.4 is 5.73 Å². The van der Waals surface area contributed by atoms with Crippen molar-refractivity contribution in [2.45, 2.75) is 6.54 Å². The summed E-state index contributed by atoms with van der Waals surface area (Å²) in [4.78, 5) is 16.6. The average Bonchev–Trinajstić information content (AvgIpc) is 2.58. The second-order valence-electron chi connectivity index (χ2n) is 5.89. The molecule has 0 saturated carbocycles. The van der Waals surface area contributed by atoms with E-state index >= 15 is 0 Å². The number of carbonyl (C=O) groups is 1. The van der Waals surface area contributed by atoms with Gasteiger partial charge in [0.05, 0.1) is 5.56 Å². The molecule has 1 fully saturated rings. The van der Waals surface area contributed by atoms with Crippen LogP contribution >= 0.6 is 36.4 Å². The van der Waals surface area contributed by atoms with E-state index in [1.807, 2.05) is 17.0 Å². The van der Waals surface area contributed by atoms with Crippen molar-refractivity contribution < 1.29 is 9.18 Å². The molecule has 26 heavy (non-hydrogen) atoms. The predicted octanol–water partition coefficient (Wildman–Crippen LogP) is 3.86. The molecule has 2 N–H and O–H groups in total. The minimum Gasteiger partial charge on any atom is -0.398 e. The Kier molecular flexibility index (Phi) is 8.63. The number of rotatable bonds is 3. The normalized spacial score (nSPS) is 14.3. The summed E-state index contributed by atoms with van der Waals surface area (Å²) in [5.74, 6) is -0.368. The van der Waals surface area contributed by atoms with Crippen molar-refractivity contribution in [1.29, 1.82) is 0 Å². The number of para-hydroxylation sites is 1. The zero-order chi connectivity index (χ0) is 17.1. The summed E-state index contributed by atoms with van der Waals surface area (Å²) >= 11 is 6.08. The van der Waals surface area contributed by atoms with Crippen LogP contribution in [0.4, 0.5) is 10.1 Å². The highest BCUT2D eigenvalue weighted by atomic mass is 35.5. The van der Waals surface area contributed by atoms with E-state index in [-0.39, 0.29) is 36.5 Å². The maximum atomic E-state index is 13.1. The standard InChI is InChI=1S/C18H19ClFN3O.2ClH/c19-16-11-14(20)6-5-13(16)12-22-7-9-23(10-8-22)18(24)15-3-1-2-4-17(15)21;;/h1-6,11H,7-10,12,21H2;2*1H. The Hall–Kier alpha value is -1.53. The van der Waals surface area contributed by atoms with E-state index < -0.39 is 0 Å². The summed E-state index contributed by atoms with van der Waals surface area (Å²) < 4.78 is 13.1. The lowest BCUT2D eigenvalue weighted by atomic mass is 10.1. The molecule has 1 saturated heterocycles. The summed E-state index contributed by atoms with van der Waals surface area (Å²) in [6, 6.07) is 11.6. The minimum absolute atomic E-state index is 0. The first-order valence-corrected chi connectivity index (χ1v) is 8.22. The van der Waals surface area contributed by atoms with Gasteiger partial charge in [0.1, 0.15) is 5.82 Å². The van der Waals surface area contributed by atoms with Crippen molar-refractivity contribution in [1.82, 2.24) is 9.80 Å². The Morgan fingerprint density at radius 3 is 2.35 bits per heavy atom. The van der Waals surface area contributed by atoms with E-state index in [0.717, 1.165) is 18.7 Å². The second-order valence-corrected chi connectivity index (χ2v) is 6.30. The molecule has 1 amide bonds. The number of hydrogen-bond donors (Lipinski definition) is 1. The van der Waals surface area contributed by atoms with Crippen molar-refractivity contribution in [3.05, 3.63) is 64.4 Å². The Labute approximate surface area is 169 Å². The molecule has 1 heterocycles. The molecule has 1 aliphatic heterocycles. The molecular formula is C18H21Cl3FN3O. The molecule has 0 aromatic heterocycles. The fourth-order valence-corrected chi connectivity index (χ4v) is 3.09. The van der Waals surface area contributed by atoms with Crippen LogP contribution in [0.2, 0.25) is 5.02 Å². The van der Waals surface area contributed by atoms with Crippen LogP contribution in [0.3, 0.4) is 0 Å². The van der Waals surface area contributed by atoms with Crippen molar-refractivity contribution in [3.63, 3.8) is 0 Å². The van der Waals surface area contributed by atoms with Crippen LogP contribution in [-0.2, 0) is 6.54 Å². The highest BCUT2D eigenvalue weighted by molar-refractivity contribution is 6.31. The van der Waals surface area contributed by atoms with Crippen LogP contribution in [0, 0.1) is 5.82 Å². The number of nitrogens with two attached hydrogens (primary N) is 1. The van der Waals surface area contributed by atoms with Crippen LogP contribution in [0.5, 0.6) is 0 Å². The first-order valence-electron chi connectivity index (χ1n) is 7.84. The van der Waals surface area contributed by atoms with Gasteiger partial charge in [-0.1, -0.05) is 29.8 Å². The number of carbonyl (C=O) groups excluding carboxylic acids is 1. The van der Waals surface area contributed by atoms with E-state index in [1.54, 1.807) is 18.2 Å². The number of benzene rings is 2. The van der Waals surface area contributed by atoms with Gasteiger partial charge in [-0.25, -0.2) is 4.39 Å². The lowest BCUT2D eigenvalue weighted by molar-refractivity contribution is 0.0629. The number of anilines is 1. The fourth-order valence-electron chi connectivity index (χ4n) is 2.86. The van der Waals surface area contributed by atoms with Crippen LogP contribution in [-0.4, -0.2) is 41.9 Å². The lowest BCUT2D eigenvalue weighted by Gasteiger charge is -2.35. The molecule has 2 aromatic carbocycles. The summed E-state index contributed by atoms with van der Waals surface area (Å²) in [5.41, 5.74) is 7.83. The predicted molar refractivity (Wildman–Crippen MR) is 108 cm³/mol. The molecular weight excluding hydrogens is 400 g/mol. The van der Waals surface area contributed by atoms with Gasteiger partial charge in [-0.3, -0.25) is 9.69 Å². The van der Waals surface area contributed by atoms with Crippen molar-refractivity contribution in [3.8, 4) is 0 Å². The highest BCUT2D eigenvalue weighted by Gasteiger charge is 2.23. The van der Waals surface area contributed by atoms with Gasteiger partial charge in [0, 0.05) is 43.4 Å². The summed E-state index contributed by atoms with van der Waals surface area (Å²) in [6.07, 6.45) is 0. The van der Waals surface area contributed by atoms with Gasteiger partial charge < -0.3 is 10.6 Å². The largest absolute Gasteiger partial charge is 0.398 e. The van der Waals surface area contributed by atoms with Gasteiger partial charge in [0.15, 0.2) is 0 Å². The molecule has 4 nitrogen and oxygen atoms in total. The molecule has 0 aliphatic carbocycles. The molecule has 0 bridgehead atoms. The quantitative estimate of drug-likeness (QED) is 0.767. The number of halogens is 4. The number of amides is 1. The van der Waals surface area contributed by atoms with Crippen LogP contribution in [0.1, 0.15) is 15.9 Å². The Balaban J connectivity index is 0.00000169. The van der Waals surface area contributed by atoms with Crippen molar-refractivity contribution in [2.24, 2.45) is 0 Å². The zero-order valence-corrected chi connectivity index (χ0v) is 16.4. The summed E-state index contributed by atoms with van der Waals surface area (Å²) in [7, 11) is 0. The molecule has 1 aliphatic rings. The monoisotopic (exact) mass is 419 g/mol. The number of hydrogen-bond acceptors (Lipinski definition) is 3. The van der Waals surface area contributed by atoms with Gasteiger partial charge in [0.2, 0.25) is 0 Å². The second kappa shape index (κ2) is 9.97. The molecule has 2 aromatic rings. The Morgan fingerprint density at radius 1 is 1.08 bits per heavy atom. The van der Waals surface area contributed by atoms with Gasteiger partial charge in [-0.2, -0.15) is 0 Å². The molecule has 8 heteroatoms. The molecule has 0 unspecified atom stereocenters. The average molecular weight is 421 g/mol. The maximum Gasteiger partial charge on any atom is 0.256 e. The van der Waals surface area contributed by atoms with Crippen molar-refractivity contribution in [2.75, 3.05) is 31.9 Å². The minimum atomic E-state index is -0.334. The first kappa shape index (κ1) is 22.5. The van der Waals surface area contributed by atoms with Gasteiger partial charge in [0.25, 0.3) is 5.91 Å². The summed E-state index contributed by atoms with van der Waals surface area (Å²) in [6.45, 7) is 3.39. The first-order chi connectivity index (χ1) is 11.5. The fraction of sp³-hybridized carbons (Fsp3) is 0.278. The summed E-state index contributed by atoms with van der Waals surface area (Å²) in [5, 5.41) is 0.436. The maximum absolute atomic E-state index is 13.1. The Bertz CT molecular complexity index is 752. The number of piperazine rings is 1. The molecule has 0 radical (unpaired) electrons. The third-order valence-electron chi connectivity index (χ3n) is 4.26. The Morgan fingerprint density at radius 2 is 1.73 bits per heavy atom. The van der Waals surface area contributed by atoms with Crippen LogP contribution in [0.25, 0.3) is 0 Å². The molecule has 142 valence electrons. The van der Waals surface area contributed by atoms with Crippen LogP contribution in [0.15, 0.2) is 42.5 Å². The smallest absolute Gasteiger partial charge is 0.256 e. The van der Waals surface area contributed by atoms with E-state index in [1.165, 1.54) is 12.1 Å². The number of nitrogens with zero attached hydrogens (tertiary/aromatic N) is 2. The van der Waals surface area contributed by atoms with E-state index in [4.69, 9.17) is 17.3 Å². The van der Waals surface area contributed by atoms with Crippen molar-refractivity contribution >= 4 is 48.0 Å². The number of nitrogen functional groups attached to an aromatic ring is 1. The van der Waals surface area contributed by atoms with E-state index in [2.05, 4.69) is 4.90 Å². The van der Waals surface area contributed by atoms with Gasteiger partial charge in [-0.05, 0) is 29.8 Å². The molecule has 0 atom stereocenters. The molecule has 3 rings (SSSR count). The topological polar surface area (TPSA) is 49.6 Å². The van der Waals surface area contributed by atoms with Gasteiger partial charge >= 0.3 is 0 Å². The third kappa shape index (κ3) is 5.24. The third-order valence-corrected chi connectivity index (χ3v) is 4.61. The highest BCUT2D eigenvalue weighted by Crippen LogP contribution is 2.20. The zero-order valence-electron chi connectivity index (χ0n) is 14.0. The van der Waals surface area contributed by atoms with Gasteiger partial charge in [-0.15, -0.1) is 24.8 Å². The molecule has 0 spiro atoms. The van der Waals surface area contributed by atoms with E-state index in [0.29, 0.717) is 35.9 Å². The lowest BCUT2D eigenvalue weighted by Crippen LogP contribution is -2.48. The van der Waals surface area contributed by atoms with E-state index in [9.17, 15) is 9.18 Å². The SMILES string of the molecule is Cl.Cl.Nc1ccccc1C(=O)N1CCN(Cc2ccc(F)cc2Cl)CC1.